The standard InChI is InChI=1S/C21H20FN3O3/c1-13-3-6-15(7-4-13)18-12-19(28-25-18)21(27)24-10-9-23-20(26)16-8-5-14(2)17(22)11-16/h3-8,11-12H,9-10H2,1-2H3,(H,23,26)(H,24,27). The molecular weight excluding hydrogens is 361 g/mol. The van der Waals surface area contributed by atoms with Crippen molar-refractivity contribution >= 4 is 11.8 Å². The maximum absolute atomic E-state index is 13.5. The Bertz CT molecular complexity index is 996. The van der Waals surface area contributed by atoms with Crippen LogP contribution in [0.2, 0.25) is 0 Å². The molecule has 7 heteroatoms. The van der Waals surface area contributed by atoms with E-state index >= 15 is 0 Å². The van der Waals surface area contributed by atoms with Crippen LogP contribution in [0.15, 0.2) is 53.1 Å². The lowest BCUT2D eigenvalue weighted by molar-refractivity contribution is 0.0903. The summed E-state index contributed by atoms with van der Waals surface area (Å²) in [6.45, 7) is 4.00. The van der Waals surface area contributed by atoms with Gasteiger partial charge >= 0.3 is 0 Å². The van der Waals surface area contributed by atoms with Crippen LogP contribution in [0.1, 0.15) is 32.0 Å². The molecule has 0 spiro atoms. The summed E-state index contributed by atoms with van der Waals surface area (Å²) in [4.78, 5) is 24.1. The van der Waals surface area contributed by atoms with E-state index in [2.05, 4.69) is 15.8 Å². The maximum Gasteiger partial charge on any atom is 0.289 e. The van der Waals surface area contributed by atoms with Crippen LogP contribution >= 0.6 is 0 Å². The molecule has 0 aliphatic rings. The molecule has 0 aliphatic carbocycles. The zero-order valence-corrected chi connectivity index (χ0v) is 15.6. The molecule has 3 aromatic rings. The van der Waals surface area contributed by atoms with Crippen molar-refractivity contribution in [3.05, 3.63) is 76.8 Å². The molecular formula is C21H20FN3O3. The molecule has 0 bridgehead atoms. The number of benzene rings is 2. The third-order valence-corrected chi connectivity index (χ3v) is 4.21. The van der Waals surface area contributed by atoms with Crippen molar-refractivity contribution in [2.24, 2.45) is 0 Å². The molecule has 0 aliphatic heterocycles. The molecule has 6 nitrogen and oxygen atoms in total. The molecule has 0 radical (unpaired) electrons. The van der Waals surface area contributed by atoms with Gasteiger partial charge in [-0.2, -0.15) is 0 Å². The average Bonchev–Trinajstić information content (AvgIpc) is 3.18. The fourth-order valence-electron chi connectivity index (χ4n) is 2.52. The molecule has 2 aromatic carbocycles. The molecule has 0 saturated carbocycles. The van der Waals surface area contributed by atoms with Gasteiger partial charge in [-0.1, -0.05) is 41.1 Å². The first kappa shape index (κ1) is 19.3. The van der Waals surface area contributed by atoms with Crippen molar-refractivity contribution in [3.8, 4) is 11.3 Å². The summed E-state index contributed by atoms with van der Waals surface area (Å²) in [6.07, 6.45) is 0. The van der Waals surface area contributed by atoms with Crippen molar-refractivity contribution in [2.75, 3.05) is 13.1 Å². The maximum atomic E-state index is 13.5. The van der Waals surface area contributed by atoms with Crippen molar-refractivity contribution in [3.63, 3.8) is 0 Å². The van der Waals surface area contributed by atoms with Crippen molar-refractivity contribution in [1.82, 2.24) is 15.8 Å². The number of amides is 2. The van der Waals surface area contributed by atoms with E-state index < -0.39 is 17.6 Å². The molecule has 144 valence electrons. The van der Waals surface area contributed by atoms with Crippen LogP contribution in [0.3, 0.4) is 0 Å². The molecule has 0 unspecified atom stereocenters. The van der Waals surface area contributed by atoms with Gasteiger partial charge in [0.05, 0.1) is 0 Å². The lowest BCUT2D eigenvalue weighted by atomic mass is 10.1. The van der Waals surface area contributed by atoms with Gasteiger partial charge in [0.25, 0.3) is 11.8 Å². The highest BCUT2D eigenvalue weighted by molar-refractivity contribution is 5.94. The second kappa shape index (κ2) is 8.47. The Morgan fingerprint density at radius 3 is 2.32 bits per heavy atom. The van der Waals surface area contributed by atoms with Crippen molar-refractivity contribution in [1.29, 1.82) is 0 Å². The third-order valence-electron chi connectivity index (χ3n) is 4.21. The van der Waals surface area contributed by atoms with Crippen LogP contribution in [-0.4, -0.2) is 30.1 Å². The van der Waals surface area contributed by atoms with Gasteiger partial charge in [-0.05, 0) is 31.5 Å². The third kappa shape index (κ3) is 4.62. The van der Waals surface area contributed by atoms with E-state index in [-0.39, 0.29) is 24.4 Å². The summed E-state index contributed by atoms with van der Waals surface area (Å²) in [7, 11) is 0. The van der Waals surface area contributed by atoms with Crippen LogP contribution in [0.4, 0.5) is 4.39 Å². The summed E-state index contributed by atoms with van der Waals surface area (Å²) >= 11 is 0. The Hall–Kier alpha value is -3.48. The largest absolute Gasteiger partial charge is 0.350 e. The average molecular weight is 381 g/mol. The normalized spacial score (nSPS) is 10.5. The number of carbonyl (C=O) groups is 2. The number of aryl methyl sites for hydroxylation is 2. The van der Waals surface area contributed by atoms with Gasteiger partial charge in [0.15, 0.2) is 0 Å². The van der Waals surface area contributed by atoms with Crippen molar-refractivity contribution < 1.29 is 18.5 Å². The Labute approximate surface area is 161 Å². The highest BCUT2D eigenvalue weighted by Crippen LogP contribution is 2.19. The van der Waals surface area contributed by atoms with Gasteiger partial charge in [0.2, 0.25) is 5.76 Å². The summed E-state index contributed by atoms with van der Waals surface area (Å²) < 4.78 is 18.6. The fourth-order valence-corrected chi connectivity index (χ4v) is 2.52. The SMILES string of the molecule is Cc1ccc(-c2cc(C(=O)NCCNC(=O)c3ccc(C)c(F)c3)on2)cc1. The summed E-state index contributed by atoms with van der Waals surface area (Å²) in [5.41, 5.74) is 3.25. The van der Waals surface area contributed by atoms with Crippen molar-refractivity contribution in [2.45, 2.75) is 13.8 Å². The van der Waals surface area contributed by atoms with E-state index in [9.17, 15) is 14.0 Å². The van der Waals surface area contributed by atoms with Gasteiger partial charge < -0.3 is 15.2 Å². The quantitative estimate of drug-likeness (QED) is 0.642. The Morgan fingerprint density at radius 1 is 0.964 bits per heavy atom. The van der Waals surface area contributed by atoms with Crippen LogP contribution in [0.5, 0.6) is 0 Å². The number of hydrogen-bond acceptors (Lipinski definition) is 4. The molecule has 0 saturated heterocycles. The zero-order chi connectivity index (χ0) is 20.1. The predicted molar refractivity (Wildman–Crippen MR) is 102 cm³/mol. The predicted octanol–water partition coefficient (Wildman–Crippen LogP) is 3.26. The number of halogens is 1. The first-order valence-electron chi connectivity index (χ1n) is 8.80. The lowest BCUT2D eigenvalue weighted by Gasteiger charge is -2.06. The Balaban J connectivity index is 1.48. The number of nitrogens with zero attached hydrogens (tertiary/aromatic N) is 1. The minimum absolute atomic E-state index is 0.0857. The molecule has 0 atom stereocenters. The van der Waals surface area contributed by atoms with E-state index in [1.165, 1.54) is 6.07 Å². The van der Waals surface area contributed by atoms with Gasteiger partial charge in [-0.25, -0.2) is 4.39 Å². The highest BCUT2D eigenvalue weighted by Gasteiger charge is 2.14. The molecule has 3 rings (SSSR count). The van der Waals surface area contributed by atoms with E-state index in [1.54, 1.807) is 25.1 Å². The van der Waals surface area contributed by atoms with Crippen LogP contribution < -0.4 is 10.6 Å². The second-order valence-electron chi connectivity index (χ2n) is 6.42. The van der Waals surface area contributed by atoms with Gasteiger partial charge in [-0.15, -0.1) is 0 Å². The lowest BCUT2D eigenvalue weighted by Crippen LogP contribution is -2.34. The summed E-state index contributed by atoms with van der Waals surface area (Å²) in [6, 6.07) is 13.5. The minimum Gasteiger partial charge on any atom is -0.350 e. The Morgan fingerprint density at radius 2 is 1.64 bits per heavy atom. The number of carbonyl (C=O) groups excluding carboxylic acids is 2. The van der Waals surface area contributed by atoms with E-state index in [0.29, 0.717) is 11.3 Å². The van der Waals surface area contributed by atoms with Crippen LogP contribution in [0.25, 0.3) is 11.3 Å². The van der Waals surface area contributed by atoms with E-state index in [1.807, 2.05) is 31.2 Å². The van der Waals surface area contributed by atoms with E-state index in [4.69, 9.17) is 4.52 Å². The first-order valence-corrected chi connectivity index (χ1v) is 8.80. The van der Waals surface area contributed by atoms with Gasteiger partial charge in [0.1, 0.15) is 11.5 Å². The minimum atomic E-state index is -0.435. The smallest absolute Gasteiger partial charge is 0.289 e. The molecule has 1 aromatic heterocycles. The van der Waals surface area contributed by atoms with Crippen LogP contribution in [0, 0.1) is 19.7 Å². The number of rotatable bonds is 6. The zero-order valence-electron chi connectivity index (χ0n) is 15.6. The summed E-state index contributed by atoms with van der Waals surface area (Å²) in [5.74, 6) is -1.19. The fraction of sp³-hybridized carbons (Fsp3) is 0.190. The van der Waals surface area contributed by atoms with Crippen LogP contribution in [-0.2, 0) is 0 Å². The Kier molecular flexibility index (Phi) is 5.84. The van der Waals surface area contributed by atoms with Gasteiger partial charge in [0, 0.05) is 30.3 Å². The second-order valence-corrected chi connectivity index (χ2v) is 6.42. The molecule has 2 amide bonds. The highest BCUT2D eigenvalue weighted by atomic mass is 19.1. The molecule has 0 fully saturated rings. The monoisotopic (exact) mass is 381 g/mol. The summed E-state index contributed by atoms with van der Waals surface area (Å²) in [5, 5.41) is 9.17. The number of hydrogen-bond donors (Lipinski definition) is 2. The topological polar surface area (TPSA) is 84.2 Å². The molecule has 2 N–H and O–H groups in total. The number of nitrogens with one attached hydrogen (secondary N) is 2. The van der Waals surface area contributed by atoms with E-state index in [0.717, 1.165) is 11.1 Å². The number of aromatic nitrogens is 1. The molecule has 1 heterocycles. The van der Waals surface area contributed by atoms with Gasteiger partial charge in [-0.3, -0.25) is 9.59 Å². The first-order chi connectivity index (χ1) is 13.4. The molecule has 28 heavy (non-hydrogen) atoms.